The number of amides is 1. The molecule has 0 radical (unpaired) electrons. The molecule has 0 fully saturated rings. The zero-order chi connectivity index (χ0) is 13.6. The molecule has 4 nitrogen and oxygen atoms in total. The van der Waals surface area contributed by atoms with E-state index in [-0.39, 0.29) is 0 Å². The van der Waals surface area contributed by atoms with Crippen LogP contribution in [0.4, 0.5) is 5.69 Å². The molecule has 18 heavy (non-hydrogen) atoms. The van der Waals surface area contributed by atoms with Gasteiger partial charge in [0.25, 0.3) is 11.7 Å². The van der Waals surface area contributed by atoms with E-state index >= 15 is 0 Å². The lowest BCUT2D eigenvalue weighted by molar-refractivity contribution is -0.115. The minimum Gasteiger partial charge on any atom is -0.391 e. The molecule has 0 saturated heterocycles. The lowest BCUT2D eigenvalue weighted by Gasteiger charge is -2.28. The summed E-state index contributed by atoms with van der Waals surface area (Å²) in [6.45, 7) is 7.19. The fourth-order valence-electron chi connectivity index (χ4n) is 2.23. The summed E-state index contributed by atoms with van der Waals surface area (Å²) in [5.74, 6) is -1.03. The van der Waals surface area contributed by atoms with Gasteiger partial charge in [0.2, 0.25) is 0 Å². The Morgan fingerprint density at radius 1 is 1.17 bits per heavy atom. The van der Waals surface area contributed by atoms with Crippen molar-refractivity contribution in [2.24, 2.45) is 0 Å². The van der Waals surface area contributed by atoms with Crippen LogP contribution in [-0.2, 0) is 4.79 Å². The van der Waals surface area contributed by atoms with E-state index < -0.39 is 23.8 Å². The first-order valence-electron chi connectivity index (χ1n) is 6.02. The number of rotatable bonds is 2. The van der Waals surface area contributed by atoms with Gasteiger partial charge in [-0.3, -0.25) is 14.5 Å². The summed E-state index contributed by atoms with van der Waals surface area (Å²) in [6.07, 6.45) is -0.687. The quantitative estimate of drug-likeness (QED) is 0.808. The molecule has 0 aliphatic carbocycles. The molecule has 1 N–H and O–H groups in total. The molecule has 2 unspecified atom stereocenters. The summed E-state index contributed by atoms with van der Waals surface area (Å²) < 4.78 is 0. The van der Waals surface area contributed by atoms with Crippen LogP contribution in [0.1, 0.15) is 35.3 Å². The predicted octanol–water partition coefficient (Wildman–Crippen LogP) is 1.60. The highest BCUT2D eigenvalue weighted by atomic mass is 16.3. The SMILES string of the molecule is Cc1ccc2c(c1C)N(C(C)C(C)O)C(=O)C2=O. The van der Waals surface area contributed by atoms with Crippen molar-refractivity contribution in [2.75, 3.05) is 4.90 Å². The van der Waals surface area contributed by atoms with Crippen LogP contribution < -0.4 is 4.90 Å². The smallest absolute Gasteiger partial charge is 0.299 e. The zero-order valence-electron chi connectivity index (χ0n) is 11.0. The molecule has 2 atom stereocenters. The Hall–Kier alpha value is -1.68. The van der Waals surface area contributed by atoms with Crippen molar-refractivity contribution < 1.29 is 14.7 Å². The first-order valence-corrected chi connectivity index (χ1v) is 6.02. The van der Waals surface area contributed by atoms with Gasteiger partial charge in [0.05, 0.1) is 23.4 Å². The Morgan fingerprint density at radius 3 is 2.33 bits per heavy atom. The third-order valence-corrected chi connectivity index (χ3v) is 3.71. The van der Waals surface area contributed by atoms with E-state index in [9.17, 15) is 14.7 Å². The largest absolute Gasteiger partial charge is 0.391 e. The fourth-order valence-corrected chi connectivity index (χ4v) is 2.23. The number of anilines is 1. The Labute approximate surface area is 106 Å². The van der Waals surface area contributed by atoms with Crippen LogP contribution in [-0.4, -0.2) is 28.9 Å². The molecule has 0 aromatic heterocycles. The van der Waals surface area contributed by atoms with Gasteiger partial charge in [0, 0.05) is 0 Å². The number of aryl methyl sites for hydroxylation is 1. The number of benzene rings is 1. The Balaban J connectivity index is 2.64. The van der Waals surface area contributed by atoms with Crippen LogP contribution >= 0.6 is 0 Å². The first-order chi connectivity index (χ1) is 8.36. The number of aliphatic hydroxyl groups excluding tert-OH is 1. The highest BCUT2D eigenvalue weighted by Gasteiger charge is 2.40. The van der Waals surface area contributed by atoms with Gasteiger partial charge in [-0.2, -0.15) is 0 Å². The van der Waals surface area contributed by atoms with Crippen molar-refractivity contribution in [1.82, 2.24) is 0 Å². The number of carbonyl (C=O) groups excluding carboxylic acids is 2. The van der Waals surface area contributed by atoms with Gasteiger partial charge in [-0.1, -0.05) is 6.07 Å². The van der Waals surface area contributed by atoms with Crippen LogP contribution in [0.2, 0.25) is 0 Å². The third-order valence-electron chi connectivity index (χ3n) is 3.71. The maximum atomic E-state index is 12.0. The Bertz CT molecular complexity index is 534. The van der Waals surface area contributed by atoms with E-state index in [2.05, 4.69) is 0 Å². The number of hydrogen-bond acceptors (Lipinski definition) is 3. The average molecular weight is 247 g/mol. The Kier molecular flexibility index (Phi) is 2.99. The fraction of sp³-hybridized carbons (Fsp3) is 0.429. The van der Waals surface area contributed by atoms with Crippen molar-refractivity contribution in [3.8, 4) is 0 Å². The third kappa shape index (κ3) is 1.64. The van der Waals surface area contributed by atoms with E-state index in [1.807, 2.05) is 19.9 Å². The molecule has 1 aromatic rings. The number of hydrogen-bond donors (Lipinski definition) is 1. The van der Waals surface area contributed by atoms with Crippen LogP contribution in [0.25, 0.3) is 0 Å². The summed E-state index contributed by atoms with van der Waals surface area (Å²) in [5.41, 5.74) is 3.03. The number of ketones is 1. The molecular weight excluding hydrogens is 230 g/mol. The number of carbonyl (C=O) groups is 2. The van der Waals surface area contributed by atoms with Gasteiger partial charge in [-0.05, 0) is 44.9 Å². The van der Waals surface area contributed by atoms with Crippen molar-refractivity contribution in [3.05, 3.63) is 28.8 Å². The molecule has 0 spiro atoms. The molecule has 1 heterocycles. The number of aliphatic hydroxyl groups is 1. The molecule has 0 saturated carbocycles. The summed E-state index contributed by atoms with van der Waals surface area (Å²) in [6, 6.07) is 3.12. The molecule has 96 valence electrons. The molecular formula is C14H17NO3. The minimum atomic E-state index is -0.687. The van der Waals surface area contributed by atoms with Gasteiger partial charge in [0.1, 0.15) is 0 Å². The lowest BCUT2D eigenvalue weighted by Crippen LogP contribution is -2.43. The molecule has 1 aromatic carbocycles. The highest BCUT2D eigenvalue weighted by molar-refractivity contribution is 6.52. The number of Topliss-reactive ketones (excluding diaryl/α,β-unsaturated/α-hetero) is 1. The van der Waals surface area contributed by atoms with Crippen LogP contribution in [0.3, 0.4) is 0 Å². The average Bonchev–Trinajstić information content (AvgIpc) is 2.57. The molecule has 4 heteroatoms. The van der Waals surface area contributed by atoms with Crippen molar-refractivity contribution in [2.45, 2.75) is 39.8 Å². The Morgan fingerprint density at radius 2 is 1.78 bits per heavy atom. The van der Waals surface area contributed by atoms with Gasteiger partial charge >= 0.3 is 0 Å². The van der Waals surface area contributed by atoms with E-state index in [0.717, 1.165) is 11.1 Å². The van der Waals surface area contributed by atoms with E-state index in [1.54, 1.807) is 19.9 Å². The molecule has 2 rings (SSSR count). The second-order valence-electron chi connectivity index (χ2n) is 4.89. The maximum Gasteiger partial charge on any atom is 0.299 e. The van der Waals surface area contributed by atoms with Crippen molar-refractivity contribution >= 4 is 17.4 Å². The van der Waals surface area contributed by atoms with Crippen molar-refractivity contribution in [3.63, 3.8) is 0 Å². The normalized spacial score (nSPS) is 17.9. The second kappa shape index (κ2) is 4.21. The monoisotopic (exact) mass is 247 g/mol. The molecule has 0 bridgehead atoms. The van der Waals surface area contributed by atoms with Crippen LogP contribution in [0.15, 0.2) is 12.1 Å². The summed E-state index contributed by atoms with van der Waals surface area (Å²) in [4.78, 5) is 25.4. The minimum absolute atomic E-state index is 0.414. The second-order valence-corrected chi connectivity index (χ2v) is 4.89. The highest BCUT2D eigenvalue weighted by Crippen LogP contribution is 2.35. The topological polar surface area (TPSA) is 57.6 Å². The van der Waals surface area contributed by atoms with Crippen LogP contribution in [0, 0.1) is 13.8 Å². The standard InChI is InChI=1S/C14H17NO3/c1-7-5-6-11-12(8(7)2)15(9(3)10(4)16)14(18)13(11)17/h5-6,9-10,16H,1-4H3. The van der Waals surface area contributed by atoms with Gasteiger partial charge in [-0.25, -0.2) is 0 Å². The summed E-state index contributed by atoms with van der Waals surface area (Å²) >= 11 is 0. The molecule has 1 aliphatic rings. The van der Waals surface area contributed by atoms with E-state index in [1.165, 1.54) is 4.90 Å². The first kappa shape index (κ1) is 12.8. The predicted molar refractivity (Wildman–Crippen MR) is 68.9 cm³/mol. The lowest BCUT2D eigenvalue weighted by atomic mass is 10.0. The number of nitrogens with zero attached hydrogens (tertiary/aromatic N) is 1. The zero-order valence-corrected chi connectivity index (χ0v) is 11.0. The summed E-state index contributed by atoms with van der Waals surface area (Å²) in [5, 5.41) is 9.67. The van der Waals surface area contributed by atoms with E-state index in [0.29, 0.717) is 11.3 Å². The van der Waals surface area contributed by atoms with Gasteiger partial charge < -0.3 is 5.11 Å². The van der Waals surface area contributed by atoms with Gasteiger partial charge in [-0.15, -0.1) is 0 Å². The number of fused-ring (bicyclic) bond motifs is 1. The molecule has 1 amide bonds. The maximum absolute atomic E-state index is 12.0. The van der Waals surface area contributed by atoms with E-state index in [4.69, 9.17) is 0 Å². The summed E-state index contributed by atoms with van der Waals surface area (Å²) in [7, 11) is 0. The van der Waals surface area contributed by atoms with Crippen molar-refractivity contribution in [1.29, 1.82) is 0 Å². The van der Waals surface area contributed by atoms with Crippen LogP contribution in [0.5, 0.6) is 0 Å². The van der Waals surface area contributed by atoms with Gasteiger partial charge in [0.15, 0.2) is 0 Å². The molecule has 1 aliphatic heterocycles.